The number of nitrogens with one attached hydrogen (secondary N) is 3. The van der Waals surface area contributed by atoms with Crippen LogP contribution >= 0.6 is 0 Å². The van der Waals surface area contributed by atoms with E-state index in [2.05, 4.69) is 16.0 Å². The van der Waals surface area contributed by atoms with Crippen LogP contribution in [0, 0.1) is 5.92 Å². The fourth-order valence-corrected chi connectivity index (χ4v) is 3.60. The Bertz CT molecular complexity index is 639. The van der Waals surface area contributed by atoms with Crippen molar-refractivity contribution in [1.29, 1.82) is 0 Å². The molecule has 0 aromatic carbocycles. The fourth-order valence-electron chi connectivity index (χ4n) is 3.60. The van der Waals surface area contributed by atoms with Gasteiger partial charge in [0.2, 0.25) is 0 Å². The number of imide groups is 1. The predicted molar refractivity (Wildman–Crippen MR) is 81.8 cm³/mol. The number of furan rings is 1. The molecule has 0 bridgehead atoms. The van der Waals surface area contributed by atoms with Crippen LogP contribution in [0.1, 0.15) is 48.7 Å². The van der Waals surface area contributed by atoms with Gasteiger partial charge in [0, 0.05) is 18.9 Å². The Morgan fingerprint density at radius 2 is 2.30 bits per heavy atom. The number of urea groups is 1. The highest BCUT2D eigenvalue weighted by Gasteiger charge is 2.54. The molecule has 1 saturated heterocycles. The van der Waals surface area contributed by atoms with Gasteiger partial charge >= 0.3 is 6.03 Å². The Balaban J connectivity index is 1.66. The molecule has 4 amide bonds. The molecule has 7 heteroatoms. The second-order valence-electron chi connectivity index (χ2n) is 6.19. The third kappa shape index (κ3) is 2.71. The number of hydrogen-bond donors (Lipinski definition) is 3. The average molecular weight is 319 g/mol. The van der Waals surface area contributed by atoms with Crippen LogP contribution in [0.2, 0.25) is 0 Å². The van der Waals surface area contributed by atoms with Gasteiger partial charge in [-0.2, -0.15) is 0 Å². The van der Waals surface area contributed by atoms with Gasteiger partial charge < -0.3 is 15.1 Å². The van der Waals surface area contributed by atoms with Crippen molar-refractivity contribution < 1.29 is 18.8 Å². The van der Waals surface area contributed by atoms with Crippen LogP contribution < -0.4 is 16.0 Å². The van der Waals surface area contributed by atoms with Crippen molar-refractivity contribution in [3.05, 3.63) is 23.7 Å². The van der Waals surface area contributed by atoms with E-state index in [1.165, 1.54) is 6.26 Å². The quantitative estimate of drug-likeness (QED) is 0.713. The zero-order valence-electron chi connectivity index (χ0n) is 13.1. The first kappa shape index (κ1) is 15.6. The minimum absolute atomic E-state index is 0.0978. The molecule has 1 aromatic rings. The van der Waals surface area contributed by atoms with Crippen LogP contribution in [-0.2, 0) is 11.2 Å². The zero-order valence-corrected chi connectivity index (χ0v) is 13.1. The summed E-state index contributed by atoms with van der Waals surface area (Å²) in [6.45, 7) is 2.37. The molecular weight excluding hydrogens is 298 g/mol. The summed E-state index contributed by atoms with van der Waals surface area (Å²) >= 11 is 0. The number of carbonyl (C=O) groups is 3. The SMILES string of the molecule is CCCc1occc1C(=O)NCC1CCCC12NC(=O)NC2=O. The summed E-state index contributed by atoms with van der Waals surface area (Å²) in [6, 6.07) is 1.21. The van der Waals surface area contributed by atoms with Crippen molar-refractivity contribution >= 4 is 17.8 Å². The molecule has 0 radical (unpaired) electrons. The van der Waals surface area contributed by atoms with Gasteiger partial charge in [0.1, 0.15) is 11.3 Å². The smallest absolute Gasteiger partial charge is 0.322 e. The maximum atomic E-state index is 12.3. The number of amides is 4. The van der Waals surface area contributed by atoms with E-state index in [1.807, 2.05) is 6.92 Å². The van der Waals surface area contributed by atoms with Gasteiger partial charge in [-0.1, -0.05) is 13.3 Å². The van der Waals surface area contributed by atoms with Gasteiger partial charge in [-0.25, -0.2) is 4.79 Å². The van der Waals surface area contributed by atoms with Gasteiger partial charge in [-0.3, -0.25) is 14.9 Å². The largest absolute Gasteiger partial charge is 0.469 e. The van der Waals surface area contributed by atoms with Gasteiger partial charge in [0.15, 0.2) is 0 Å². The van der Waals surface area contributed by atoms with Crippen LogP contribution in [0.5, 0.6) is 0 Å². The second kappa shape index (κ2) is 6.06. The molecule has 124 valence electrons. The van der Waals surface area contributed by atoms with E-state index < -0.39 is 11.6 Å². The first-order valence-electron chi connectivity index (χ1n) is 8.05. The third-order valence-corrected chi connectivity index (χ3v) is 4.77. The Labute approximate surface area is 134 Å². The lowest BCUT2D eigenvalue weighted by molar-refractivity contribution is -0.125. The van der Waals surface area contributed by atoms with E-state index in [-0.39, 0.29) is 17.7 Å². The predicted octanol–water partition coefficient (Wildman–Crippen LogP) is 1.34. The first-order chi connectivity index (χ1) is 11.1. The van der Waals surface area contributed by atoms with E-state index >= 15 is 0 Å². The highest BCUT2D eigenvalue weighted by atomic mass is 16.3. The van der Waals surface area contributed by atoms with E-state index in [0.717, 1.165) is 19.3 Å². The van der Waals surface area contributed by atoms with Gasteiger partial charge in [-0.15, -0.1) is 0 Å². The molecule has 1 aromatic heterocycles. The van der Waals surface area contributed by atoms with E-state index in [0.29, 0.717) is 30.7 Å². The van der Waals surface area contributed by atoms with Crippen molar-refractivity contribution in [3.63, 3.8) is 0 Å². The molecule has 1 spiro atoms. The van der Waals surface area contributed by atoms with Crippen LogP contribution in [0.15, 0.2) is 16.7 Å². The fraction of sp³-hybridized carbons (Fsp3) is 0.562. The van der Waals surface area contributed by atoms with E-state index in [9.17, 15) is 14.4 Å². The molecule has 3 N–H and O–H groups in total. The summed E-state index contributed by atoms with van der Waals surface area (Å²) in [6.07, 6.45) is 5.37. The molecule has 7 nitrogen and oxygen atoms in total. The molecule has 2 fully saturated rings. The summed E-state index contributed by atoms with van der Waals surface area (Å²) in [7, 11) is 0. The molecule has 2 unspecified atom stereocenters. The Morgan fingerprint density at radius 1 is 1.48 bits per heavy atom. The zero-order chi connectivity index (χ0) is 16.4. The lowest BCUT2D eigenvalue weighted by atomic mass is 9.87. The van der Waals surface area contributed by atoms with E-state index in [4.69, 9.17) is 4.42 Å². The summed E-state index contributed by atoms with van der Waals surface area (Å²) in [5, 5.41) is 7.94. The van der Waals surface area contributed by atoms with Gasteiger partial charge in [-0.05, 0) is 25.3 Å². The molecule has 23 heavy (non-hydrogen) atoms. The van der Waals surface area contributed by atoms with Crippen LogP contribution in [-0.4, -0.2) is 29.9 Å². The number of carbonyl (C=O) groups excluding carboxylic acids is 3. The summed E-state index contributed by atoms with van der Waals surface area (Å²) in [5.41, 5.74) is -0.327. The van der Waals surface area contributed by atoms with Crippen LogP contribution in [0.4, 0.5) is 4.79 Å². The van der Waals surface area contributed by atoms with Crippen molar-refractivity contribution in [2.45, 2.75) is 44.6 Å². The van der Waals surface area contributed by atoms with Gasteiger partial charge in [0.25, 0.3) is 11.8 Å². The molecule has 1 aliphatic carbocycles. The Morgan fingerprint density at radius 3 is 3.00 bits per heavy atom. The number of rotatable bonds is 5. The monoisotopic (exact) mass is 319 g/mol. The van der Waals surface area contributed by atoms with Crippen molar-refractivity contribution in [1.82, 2.24) is 16.0 Å². The Kier molecular flexibility index (Phi) is 4.11. The van der Waals surface area contributed by atoms with Crippen molar-refractivity contribution in [2.75, 3.05) is 6.54 Å². The lowest BCUT2D eigenvalue weighted by Gasteiger charge is -2.28. The normalized spacial score (nSPS) is 26.4. The highest BCUT2D eigenvalue weighted by Crippen LogP contribution is 2.37. The maximum absolute atomic E-state index is 12.3. The molecule has 1 aliphatic heterocycles. The number of aryl methyl sites for hydroxylation is 1. The summed E-state index contributed by atoms with van der Waals surface area (Å²) in [5.74, 6) is 0.0979. The molecule has 2 atom stereocenters. The van der Waals surface area contributed by atoms with Crippen LogP contribution in [0.3, 0.4) is 0 Å². The second-order valence-corrected chi connectivity index (χ2v) is 6.19. The first-order valence-corrected chi connectivity index (χ1v) is 8.05. The standard InChI is InChI=1S/C16H21N3O4/c1-2-4-12-11(6-8-23-12)13(20)17-9-10-5-3-7-16(10)14(21)18-15(22)19-16/h6,8,10H,2-5,7,9H2,1H3,(H,17,20)(H2,18,19,21,22). The minimum Gasteiger partial charge on any atom is -0.469 e. The Hall–Kier alpha value is -2.31. The molecular formula is C16H21N3O4. The molecule has 2 aliphatic rings. The van der Waals surface area contributed by atoms with Crippen molar-refractivity contribution in [3.8, 4) is 0 Å². The highest BCUT2D eigenvalue weighted by molar-refractivity contribution is 6.07. The van der Waals surface area contributed by atoms with E-state index in [1.54, 1.807) is 6.07 Å². The molecule has 2 heterocycles. The number of hydrogen-bond acceptors (Lipinski definition) is 4. The maximum Gasteiger partial charge on any atom is 0.322 e. The van der Waals surface area contributed by atoms with Crippen LogP contribution in [0.25, 0.3) is 0 Å². The molecule has 3 rings (SSSR count). The topological polar surface area (TPSA) is 100 Å². The van der Waals surface area contributed by atoms with Gasteiger partial charge in [0.05, 0.1) is 11.8 Å². The average Bonchev–Trinajstić information content (AvgIpc) is 3.19. The van der Waals surface area contributed by atoms with Crippen molar-refractivity contribution in [2.24, 2.45) is 5.92 Å². The third-order valence-electron chi connectivity index (χ3n) is 4.77. The summed E-state index contributed by atoms with van der Waals surface area (Å²) in [4.78, 5) is 35.9. The summed E-state index contributed by atoms with van der Waals surface area (Å²) < 4.78 is 5.34. The minimum atomic E-state index is -0.868. The molecule has 1 saturated carbocycles. The lowest BCUT2D eigenvalue weighted by Crippen LogP contribution is -2.53.